The van der Waals surface area contributed by atoms with Crippen molar-refractivity contribution >= 4 is 33.7 Å². The van der Waals surface area contributed by atoms with E-state index in [1.807, 2.05) is 36.0 Å². The van der Waals surface area contributed by atoms with Gasteiger partial charge in [-0.15, -0.1) is 10.2 Å². The van der Waals surface area contributed by atoms with Gasteiger partial charge < -0.3 is 4.57 Å². The maximum atomic E-state index is 12.4. The van der Waals surface area contributed by atoms with Crippen LogP contribution in [0.25, 0.3) is 5.13 Å². The molecule has 1 N–H and O–H groups in total. The zero-order valence-corrected chi connectivity index (χ0v) is 14.7. The summed E-state index contributed by atoms with van der Waals surface area (Å²) in [6.45, 7) is 6.09. The van der Waals surface area contributed by atoms with Gasteiger partial charge in [0.15, 0.2) is 5.13 Å². The number of carbonyl (C=O) groups is 1. The van der Waals surface area contributed by atoms with Gasteiger partial charge in [0.2, 0.25) is 5.13 Å². The topological polar surface area (TPSA) is 72.7 Å². The number of nitrogens with zero attached hydrogens (tertiary/aromatic N) is 4. The summed E-state index contributed by atoms with van der Waals surface area (Å²) in [6, 6.07) is 3.85. The molecule has 120 valence electrons. The van der Waals surface area contributed by atoms with Gasteiger partial charge in [0.25, 0.3) is 5.91 Å². The fourth-order valence-electron chi connectivity index (χ4n) is 2.06. The first-order chi connectivity index (χ1) is 11.0. The van der Waals surface area contributed by atoms with Gasteiger partial charge in [-0.05, 0) is 25.0 Å². The van der Waals surface area contributed by atoms with Crippen LogP contribution in [0.4, 0.5) is 5.13 Å². The third-order valence-corrected chi connectivity index (χ3v) is 5.12. The molecular formula is C15H17N5OS2. The molecule has 1 amide bonds. The standard InChI is InChI=1S/C15H17N5OS2/c1-9(2)8-11-18-19-14(22-11)17-13(21)12-10(3)16-15(23-12)20-6-4-5-7-20/h4-7,9H,8H2,1-3H3,(H,17,19,21). The van der Waals surface area contributed by atoms with Crippen molar-refractivity contribution in [3.63, 3.8) is 0 Å². The van der Waals surface area contributed by atoms with E-state index >= 15 is 0 Å². The van der Waals surface area contributed by atoms with Crippen LogP contribution in [0.3, 0.4) is 0 Å². The second-order valence-electron chi connectivity index (χ2n) is 5.55. The summed E-state index contributed by atoms with van der Waals surface area (Å²) in [4.78, 5) is 17.5. The Hall–Kier alpha value is -2.06. The van der Waals surface area contributed by atoms with Crippen LogP contribution in [-0.2, 0) is 6.42 Å². The number of hydrogen-bond donors (Lipinski definition) is 1. The van der Waals surface area contributed by atoms with Gasteiger partial charge in [-0.3, -0.25) is 10.1 Å². The minimum absolute atomic E-state index is 0.189. The molecule has 0 bridgehead atoms. The summed E-state index contributed by atoms with van der Waals surface area (Å²) in [5, 5.41) is 13.2. The predicted molar refractivity (Wildman–Crippen MR) is 92.6 cm³/mol. The van der Waals surface area contributed by atoms with Crippen LogP contribution in [-0.4, -0.2) is 25.7 Å². The highest BCUT2D eigenvalue weighted by Crippen LogP contribution is 2.24. The number of amides is 1. The Bertz CT molecular complexity index is 804. The van der Waals surface area contributed by atoms with Crippen molar-refractivity contribution in [1.82, 2.24) is 19.7 Å². The number of aryl methyl sites for hydroxylation is 1. The third-order valence-electron chi connectivity index (χ3n) is 3.09. The molecule has 0 aromatic carbocycles. The highest BCUT2D eigenvalue weighted by atomic mass is 32.1. The maximum Gasteiger partial charge on any atom is 0.269 e. The minimum atomic E-state index is -0.189. The Morgan fingerprint density at radius 2 is 2.00 bits per heavy atom. The van der Waals surface area contributed by atoms with E-state index in [9.17, 15) is 4.79 Å². The first-order valence-corrected chi connectivity index (χ1v) is 8.90. The molecule has 0 aliphatic heterocycles. The second-order valence-corrected chi connectivity index (χ2v) is 7.59. The van der Waals surface area contributed by atoms with E-state index in [-0.39, 0.29) is 5.91 Å². The SMILES string of the molecule is Cc1nc(-n2cccc2)sc1C(=O)Nc1nnc(CC(C)C)s1. The second kappa shape index (κ2) is 6.59. The van der Waals surface area contributed by atoms with Crippen molar-refractivity contribution in [2.75, 3.05) is 5.32 Å². The first kappa shape index (κ1) is 15.8. The third kappa shape index (κ3) is 3.65. The summed E-state index contributed by atoms with van der Waals surface area (Å²) in [5.41, 5.74) is 0.711. The fraction of sp³-hybridized carbons (Fsp3) is 0.333. The molecule has 0 radical (unpaired) electrons. The summed E-state index contributed by atoms with van der Waals surface area (Å²) >= 11 is 2.78. The quantitative estimate of drug-likeness (QED) is 0.766. The van der Waals surface area contributed by atoms with Crippen LogP contribution in [0.5, 0.6) is 0 Å². The minimum Gasteiger partial charge on any atom is -0.300 e. The molecule has 8 heteroatoms. The van der Waals surface area contributed by atoms with E-state index in [1.54, 1.807) is 0 Å². The lowest BCUT2D eigenvalue weighted by molar-refractivity contribution is 0.102. The molecule has 0 aliphatic carbocycles. The molecule has 3 rings (SSSR count). The Morgan fingerprint density at radius 1 is 1.26 bits per heavy atom. The molecule has 23 heavy (non-hydrogen) atoms. The molecule has 0 spiro atoms. The molecule has 3 aromatic rings. The molecule has 0 saturated carbocycles. The van der Waals surface area contributed by atoms with Gasteiger partial charge in [0.1, 0.15) is 9.88 Å². The lowest BCUT2D eigenvalue weighted by Gasteiger charge is -1.99. The van der Waals surface area contributed by atoms with Crippen molar-refractivity contribution in [3.8, 4) is 5.13 Å². The molecule has 3 heterocycles. The normalized spacial score (nSPS) is 11.1. The van der Waals surface area contributed by atoms with Crippen LogP contribution < -0.4 is 5.32 Å². The van der Waals surface area contributed by atoms with Crippen molar-refractivity contribution in [2.24, 2.45) is 5.92 Å². The smallest absolute Gasteiger partial charge is 0.269 e. The van der Waals surface area contributed by atoms with E-state index in [4.69, 9.17) is 0 Å². The highest BCUT2D eigenvalue weighted by molar-refractivity contribution is 7.17. The Balaban J connectivity index is 1.74. The molecule has 0 fully saturated rings. The number of anilines is 1. The fourth-order valence-corrected chi connectivity index (χ4v) is 3.93. The number of thiazole rings is 1. The maximum absolute atomic E-state index is 12.4. The molecular weight excluding hydrogens is 330 g/mol. The van der Waals surface area contributed by atoms with Gasteiger partial charge in [-0.2, -0.15) is 0 Å². The van der Waals surface area contributed by atoms with Crippen LogP contribution in [0.2, 0.25) is 0 Å². The van der Waals surface area contributed by atoms with Gasteiger partial charge in [-0.1, -0.05) is 36.5 Å². The van der Waals surface area contributed by atoms with Crippen LogP contribution in [0, 0.1) is 12.8 Å². The van der Waals surface area contributed by atoms with Crippen molar-refractivity contribution in [3.05, 3.63) is 40.1 Å². The largest absolute Gasteiger partial charge is 0.300 e. The molecule has 0 unspecified atom stereocenters. The number of aromatic nitrogens is 4. The summed E-state index contributed by atoms with van der Waals surface area (Å²) < 4.78 is 1.89. The van der Waals surface area contributed by atoms with Crippen LogP contribution >= 0.6 is 22.7 Å². The molecule has 3 aromatic heterocycles. The van der Waals surface area contributed by atoms with E-state index in [0.717, 1.165) is 16.6 Å². The van der Waals surface area contributed by atoms with Crippen molar-refractivity contribution in [2.45, 2.75) is 27.2 Å². The predicted octanol–water partition coefficient (Wildman–Crippen LogP) is 3.54. The number of carbonyl (C=O) groups excluding carboxylic acids is 1. The van der Waals surface area contributed by atoms with E-state index < -0.39 is 0 Å². The van der Waals surface area contributed by atoms with Gasteiger partial charge >= 0.3 is 0 Å². The van der Waals surface area contributed by atoms with E-state index in [0.29, 0.717) is 21.6 Å². The van der Waals surface area contributed by atoms with E-state index in [1.165, 1.54) is 22.7 Å². The van der Waals surface area contributed by atoms with Crippen molar-refractivity contribution < 1.29 is 4.79 Å². The molecule has 6 nitrogen and oxygen atoms in total. The Morgan fingerprint density at radius 3 is 2.70 bits per heavy atom. The molecule has 0 saturated heterocycles. The number of hydrogen-bond acceptors (Lipinski definition) is 6. The Kier molecular flexibility index (Phi) is 4.53. The number of rotatable bonds is 5. The van der Waals surface area contributed by atoms with Crippen LogP contribution in [0.15, 0.2) is 24.5 Å². The first-order valence-electron chi connectivity index (χ1n) is 7.27. The van der Waals surface area contributed by atoms with Gasteiger partial charge in [0.05, 0.1) is 5.69 Å². The van der Waals surface area contributed by atoms with Crippen molar-refractivity contribution in [1.29, 1.82) is 0 Å². The molecule has 0 aliphatic rings. The Labute approximate surface area is 142 Å². The summed E-state index contributed by atoms with van der Waals surface area (Å²) in [7, 11) is 0. The zero-order valence-electron chi connectivity index (χ0n) is 13.1. The monoisotopic (exact) mass is 347 g/mol. The summed E-state index contributed by atoms with van der Waals surface area (Å²) in [6.07, 6.45) is 4.68. The lowest BCUT2D eigenvalue weighted by Crippen LogP contribution is -2.11. The van der Waals surface area contributed by atoms with E-state index in [2.05, 4.69) is 34.3 Å². The van der Waals surface area contributed by atoms with Gasteiger partial charge in [-0.25, -0.2) is 4.98 Å². The lowest BCUT2D eigenvalue weighted by atomic mass is 10.1. The average molecular weight is 347 g/mol. The average Bonchev–Trinajstić information content (AvgIpc) is 3.18. The van der Waals surface area contributed by atoms with Crippen LogP contribution in [0.1, 0.15) is 34.2 Å². The number of nitrogens with one attached hydrogen (secondary N) is 1. The highest BCUT2D eigenvalue weighted by Gasteiger charge is 2.18. The summed E-state index contributed by atoms with van der Waals surface area (Å²) in [5.74, 6) is 0.324. The molecule has 0 atom stereocenters. The zero-order chi connectivity index (χ0) is 16.4. The van der Waals surface area contributed by atoms with Gasteiger partial charge in [0, 0.05) is 18.8 Å².